The van der Waals surface area contributed by atoms with Gasteiger partial charge in [0.1, 0.15) is 0 Å². The van der Waals surface area contributed by atoms with E-state index < -0.39 is 0 Å². The molecule has 0 spiro atoms. The third-order valence-electron chi connectivity index (χ3n) is 2.76. The van der Waals surface area contributed by atoms with Crippen LogP contribution in [0.3, 0.4) is 0 Å². The quantitative estimate of drug-likeness (QED) is 0.736. The van der Waals surface area contributed by atoms with Gasteiger partial charge in [-0.2, -0.15) is 0 Å². The minimum absolute atomic E-state index is 0.189. The summed E-state index contributed by atoms with van der Waals surface area (Å²) in [5, 5.41) is 3.19. The monoisotopic (exact) mass is 262 g/mol. The molecule has 1 atom stereocenters. The van der Waals surface area contributed by atoms with Crippen molar-refractivity contribution in [2.75, 3.05) is 13.2 Å². The van der Waals surface area contributed by atoms with Crippen LogP contribution in [0, 0.1) is 5.92 Å². The Morgan fingerprint density at radius 2 is 2.11 bits per heavy atom. The van der Waals surface area contributed by atoms with Crippen LogP contribution in [0.1, 0.15) is 19.4 Å². The van der Waals surface area contributed by atoms with E-state index in [0.717, 1.165) is 12.1 Å². The number of carbonyl (C=O) groups excluding carboxylic acids is 1. The third-order valence-corrected chi connectivity index (χ3v) is 2.76. The Balaban J connectivity index is 2.44. The first kappa shape index (κ1) is 15.1. The molecule has 4 nitrogen and oxygen atoms in total. The largest absolute Gasteiger partial charge is 0.466 e. The highest BCUT2D eigenvalue weighted by atomic mass is 16.5. The van der Waals surface area contributed by atoms with Crippen molar-refractivity contribution < 1.29 is 9.53 Å². The van der Waals surface area contributed by atoms with Crippen LogP contribution >= 0.6 is 0 Å². The zero-order valence-corrected chi connectivity index (χ0v) is 11.6. The van der Waals surface area contributed by atoms with E-state index in [2.05, 4.69) is 5.32 Å². The van der Waals surface area contributed by atoms with Crippen LogP contribution in [0.25, 0.3) is 0 Å². The van der Waals surface area contributed by atoms with Gasteiger partial charge >= 0.3 is 5.97 Å². The molecule has 1 aromatic rings. The molecule has 0 aliphatic carbocycles. The Kier molecular flexibility index (Phi) is 6.50. The summed E-state index contributed by atoms with van der Waals surface area (Å²) < 4.78 is 4.96. The molecule has 0 bridgehead atoms. The molecular formula is C15H22N2O2. The van der Waals surface area contributed by atoms with E-state index in [-0.39, 0.29) is 11.9 Å². The Bertz CT molecular complexity index is 415. The Morgan fingerprint density at radius 1 is 1.42 bits per heavy atom. The molecule has 0 amide bonds. The van der Waals surface area contributed by atoms with E-state index in [9.17, 15) is 4.79 Å². The lowest BCUT2D eigenvalue weighted by Crippen LogP contribution is -2.28. The summed E-state index contributed by atoms with van der Waals surface area (Å²) in [6.45, 7) is 4.57. The van der Waals surface area contributed by atoms with Crippen molar-refractivity contribution in [3.63, 3.8) is 0 Å². The summed E-state index contributed by atoms with van der Waals surface area (Å²) in [4.78, 5) is 11.5. The molecule has 1 rings (SSSR count). The van der Waals surface area contributed by atoms with Crippen molar-refractivity contribution in [2.45, 2.75) is 20.3 Å². The van der Waals surface area contributed by atoms with E-state index >= 15 is 0 Å². The van der Waals surface area contributed by atoms with Gasteiger partial charge in [-0.25, -0.2) is 0 Å². The van der Waals surface area contributed by atoms with Gasteiger partial charge in [-0.05, 0) is 12.5 Å². The molecule has 0 fully saturated rings. The minimum Gasteiger partial charge on any atom is -0.466 e. The maximum Gasteiger partial charge on any atom is 0.310 e. The van der Waals surface area contributed by atoms with Gasteiger partial charge in [0, 0.05) is 24.9 Å². The number of ether oxygens (including phenoxy) is 1. The SMILES string of the molecule is CCOC(=O)C(C)CN/C(=C\N)Cc1ccccc1. The summed E-state index contributed by atoms with van der Waals surface area (Å²) in [5.74, 6) is -0.378. The van der Waals surface area contributed by atoms with Crippen molar-refractivity contribution >= 4 is 5.97 Å². The van der Waals surface area contributed by atoms with Crippen molar-refractivity contribution in [3.05, 3.63) is 47.8 Å². The number of hydrogen-bond donors (Lipinski definition) is 2. The highest BCUT2D eigenvalue weighted by Gasteiger charge is 2.13. The molecule has 0 aliphatic rings. The topological polar surface area (TPSA) is 64.3 Å². The van der Waals surface area contributed by atoms with Crippen LogP contribution < -0.4 is 11.1 Å². The molecule has 3 N–H and O–H groups in total. The number of allylic oxidation sites excluding steroid dienone is 1. The number of nitrogens with two attached hydrogens (primary N) is 1. The lowest BCUT2D eigenvalue weighted by Gasteiger charge is -2.14. The Hall–Kier alpha value is -1.97. The van der Waals surface area contributed by atoms with Gasteiger partial charge in [0.25, 0.3) is 0 Å². The molecule has 0 heterocycles. The highest BCUT2D eigenvalue weighted by Crippen LogP contribution is 2.06. The van der Waals surface area contributed by atoms with Gasteiger partial charge < -0.3 is 15.8 Å². The van der Waals surface area contributed by atoms with Crippen LogP contribution in [0.2, 0.25) is 0 Å². The molecule has 0 saturated carbocycles. The summed E-state index contributed by atoms with van der Waals surface area (Å²) >= 11 is 0. The molecule has 0 radical (unpaired) electrons. The van der Waals surface area contributed by atoms with Gasteiger partial charge in [0.2, 0.25) is 0 Å². The smallest absolute Gasteiger partial charge is 0.310 e. The molecule has 0 aliphatic heterocycles. The lowest BCUT2D eigenvalue weighted by atomic mass is 10.1. The summed E-state index contributed by atoms with van der Waals surface area (Å²) in [5.41, 5.74) is 7.68. The van der Waals surface area contributed by atoms with E-state index in [4.69, 9.17) is 10.5 Å². The molecule has 1 unspecified atom stereocenters. The van der Waals surface area contributed by atoms with E-state index in [0.29, 0.717) is 13.2 Å². The number of carbonyl (C=O) groups is 1. The molecule has 0 aromatic heterocycles. The first-order valence-corrected chi connectivity index (χ1v) is 6.52. The van der Waals surface area contributed by atoms with Crippen molar-refractivity contribution in [2.24, 2.45) is 11.7 Å². The second-order valence-corrected chi connectivity index (χ2v) is 4.39. The molecular weight excluding hydrogens is 240 g/mol. The summed E-state index contributed by atoms with van der Waals surface area (Å²) in [6.07, 6.45) is 2.28. The minimum atomic E-state index is -0.189. The highest BCUT2D eigenvalue weighted by molar-refractivity contribution is 5.72. The van der Waals surface area contributed by atoms with Crippen LogP contribution in [0.15, 0.2) is 42.2 Å². The van der Waals surface area contributed by atoms with Crippen molar-refractivity contribution in [3.8, 4) is 0 Å². The number of esters is 1. The predicted molar refractivity (Wildman–Crippen MR) is 76.2 cm³/mol. The standard InChI is InChI=1S/C15H22N2O2/c1-3-19-15(18)12(2)11-17-14(10-16)9-13-7-5-4-6-8-13/h4-8,10,12,17H,3,9,11,16H2,1-2H3/b14-10-. The fourth-order valence-electron chi connectivity index (χ4n) is 1.65. The summed E-state index contributed by atoms with van der Waals surface area (Å²) in [6, 6.07) is 10.0. The number of hydrogen-bond acceptors (Lipinski definition) is 4. The first-order chi connectivity index (χ1) is 9.17. The van der Waals surface area contributed by atoms with E-state index in [1.165, 1.54) is 5.56 Å². The second kappa shape index (κ2) is 8.19. The Labute approximate surface area is 114 Å². The fraction of sp³-hybridized carbons (Fsp3) is 0.400. The predicted octanol–water partition coefficient (Wildman–Crippen LogP) is 1.82. The summed E-state index contributed by atoms with van der Waals surface area (Å²) in [7, 11) is 0. The molecule has 1 aromatic carbocycles. The van der Waals surface area contributed by atoms with Crippen LogP contribution in [0.4, 0.5) is 0 Å². The average Bonchev–Trinajstić information content (AvgIpc) is 2.44. The first-order valence-electron chi connectivity index (χ1n) is 6.52. The molecule has 19 heavy (non-hydrogen) atoms. The maximum absolute atomic E-state index is 11.5. The average molecular weight is 262 g/mol. The van der Waals surface area contributed by atoms with Gasteiger partial charge in [0.15, 0.2) is 0 Å². The number of rotatable bonds is 7. The van der Waals surface area contributed by atoms with Crippen molar-refractivity contribution in [1.29, 1.82) is 0 Å². The van der Waals surface area contributed by atoms with Gasteiger partial charge in [-0.1, -0.05) is 37.3 Å². The van der Waals surface area contributed by atoms with Gasteiger partial charge in [-0.3, -0.25) is 4.79 Å². The maximum atomic E-state index is 11.5. The van der Waals surface area contributed by atoms with Crippen molar-refractivity contribution in [1.82, 2.24) is 5.32 Å². The van der Waals surface area contributed by atoms with Crippen LogP contribution in [-0.4, -0.2) is 19.1 Å². The molecule has 0 saturated heterocycles. The van der Waals surface area contributed by atoms with Gasteiger partial charge in [0.05, 0.1) is 12.5 Å². The fourth-order valence-corrected chi connectivity index (χ4v) is 1.65. The zero-order chi connectivity index (χ0) is 14.1. The van der Waals surface area contributed by atoms with Gasteiger partial charge in [-0.15, -0.1) is 0 Å². The number of nitrogens with one attached hydrogen (secondary N) is 1. The third kappa shape index (κ3) is 5.46. The molecule has 104 valence electrons. The van der Waals surface area contributed by atoms with Crippen LogP contribution in [0.5, 0.6) is 0 Å². The van der Waals surface area contributed by atoms with E-state index in [1.807, 2.05) is 37.3 Å². The van der Waals surface area contributed by atoms with Crippen LogP contribution in [-0.2, 0) is 16.0 Å². The molecule has 4 heteroatoms. The van der Waals surface area contributed by atoms with E-state index in [1.54, 1.807) is 13.1 Å². The number of benzene rings is 1. The normalized spacial score (nSPS) is 12.8. The second-order valence-electron chi connectivity index (χ2n) is 4.39. The lowest BCUT2D eigenvalue weighted by molar-refractivity contribution is -0.147. The Morgan fingerprint density at radius 3 is 2.68 bits per heavy atom. The zero-order valence-electron chi connectivity index (χ0n) is 11.6.